The second-order valence-corrected chi connectivity index (χ2v) is 7.81. The summed E-state index contributed by atoms with van der Waals surface area (Å²) in [4.78, 5) is 2.58. The molecule has 0 fully saturated rings. The molecule has 0 aliphatic carbocycles. The van der Waals surface area contributed by atoms with Crippen LogP contribution in [0.1, 0.15) is 5.56 Å². The van der Waals surface area contributed by atoms with Crippen molar-refractivity contribution in [1.82, 2.24) is 0 Å². The number of hydrogen-bond donors (Lipinski definition) is 0. The van der Waals surface area contributed by atoms with Crippen LogP contribution in [0.4, 0.5) is 0 Å². The zero-order chi connectivity index (χ0) is 15.4. The van der Waals surface area contributed by atoms with Gasteiger partial charge in [0, 0.05) is 15.6 Å². The molecule has 0 aromatic heterocycles. The van der Waals surface area contributed by atoms with E-state index in [0.29, 0.717) is 0 Å². The quantitative estimate of drug-likeness (QED) is 0.491. The van der Waals surface area contributed by atoms with E-state index in [4.69, 9.17) is 23.2 Å². The van der Waals surface area contributed by atoms with E-state index >= 15 is 0 Å². The lowest BCUT2D eigenvalue weighted by Gasteiger charge is -2.09. The monoisotopic (exact) mass is 345 g/mol. The van der Waals surface area contributed by atoms with Crippen LogP contribution in [0.5, 0.6) is 0 Å². The van der Waals surface area contributed by atoms with Crippen molar-refractivity contribution in [3.8, 4) is 0 Å². The van der Waals surface area contributed by atoms with Crippen LogP contribution in [0.25, 0.3) is 0 Å². The average molecular weight is 346 g/mol. The van der Waals surface area contributed by atoms with Crippen LogP contribution in [0.15, 0.2) is 88.7 Å². The maximum absolute atomic E-state index is 6.03. The van der Waals surface area contributed by atoms with Crippen molar-refractivity contribution < 1.29 is 0 Å². The third kappa shape index (κ3) is 3.86. The Balaban J connectivity index is 1.97. The van der Waals surface area contributed by atoms with Gasteiger partial charge in [0.2, 0.25) is 0 Å². The molecule has 3 aromatic rings. The van der Waals surface area contributed by atoms with Gasteiger partial charge in [0.25, 0.3) is 0 Å². The Kier molecular flexibility index (Phi) is 5.09. The third-order valence-corrected chi connectivity index (χ3v) is 6.16. The predicted molar refractivity (Wildman–Crippen MR) is 96.9 cm³/mol. The lowest BCUT2D eigenvalue weighted by molar-refractivity contribution is 1.30. The third-order valence-electron chi connectivity index (χ3n) is 3.35. The van der Waals surface area contributed by atoms with E-state index in [1.165, 1.54) is 15.4 Å². The standard InChI is InChI=1S/C19H15Cl2S/c20-16-6-10-18(11-7-16)22(14-15-4-2-1-3-5-15)19-12-8-17(21)9-13-19/h1-13H,14H2/q+1. The lowest BCUT2D eigenvalue weighted by Crippen LogP contribution is -2.07. The van der Waals surface area contributed by atoms with Crippen LogP contribution >= 0.6 is 23.2 Å². The van der Waals surface area contributed by atoms with Crippen LogP contribution in [0.3, 0.4) is 0 Å². The molecule has 0 nitrogen and oxygen atoms in total. The number of benzene rings is 3. The fourth-order valence-electron chi connectivity index (χ4n) is 2.24. The molecule has 0 radical (unpaired) electrons. The summed E-state index contributed by atoms with van der Waals surface area (Å²) in [7, 11) is -0.0360. The molecule has 0 N–H and O–H groups in total. The van der Waals surface area contributed by atoms with Crippen LogP contribution in [0, 0.1) is 0 Å². The summed E-state index contributed by atoms with van der Waals surface area (Å²) in [5.74, 6) is 0.976. The van der Waals surface area contributed by atoms with Crippen molar-refractivity contribution in [1.29, 1.82) is 0 Å². The first kappa shape index (κ1) is 15.5. The van der Waals surface area contributed by atoms with Gasteiger partial charge in [0.1, 0.15) is 5.75 Å². The molecule has 22 heavy (non-hydrogen) atoms. The van der Waals surface area contributed by atoms with Gasteiger partial charge in [-0.05, 0) is 48.5 Å². The first-order chi connectivity index (χ1) is 10.7. The molecule has 3 rings (SSSR count). The molecule has 0 amide bonds. The summed E-state index contributed by atoms with van der Waals surface area (Å²) in [6, 6.07) is 26.8. The fourth-order valence-corrected chi connectivity index (χ4v) is 4.55. The van der Waals surface area contributed by atoms with Crippen molar-refractivity contribution >= 4 is 34.1 Å². The molecule has 0 bridgehead atoms. The molecule has 3 aromatic carbocycles. The highest BCUT2D eigenvalue weighted by Gasteiger charge is 2.25. The summed E-state index contributed by atoms with van der Waals surface area (Å²) in [5.41, 5.74) is 1.33. The van der Waals surface area contributed by atoms with E-state index in [2.05, 4.69) is 48.5 Å². The molecule has 0 aliphatic rings. The smallest absolute Gasteiger partial charge is 0.0843 e. The maximum atomic E-state index is 6.03. The van der Waals surface area contributed by atoms with Gasteiger partial charge >= 0.3 is 0 Å². The normalized spacial score (nSPS) is 10.9. The van der Waals surface area contributed by atoms with E-state index in [-0.39, 0.29) is 10.9 Å². The molecule has 3 heteroatoms. The minimum absolute atomic E-state index is 0.0360. The summed E-state index contributed by atoms with van der Waals surface area (Å²) >= 11 is 12.1. The van der Waals surface area contributed by atoms with Gasteiger partial charge < -0.3 is 0 Å². The van der Waals surface area contributed by atoms with Crippen molar-refractivity contribution in [3.63, 3.8) is 0 Å². The van der Waals surface area contributed by atoms with Crippen LogP contribution in [0.2, 0.25) is 10.0 Å². The lowest BCUT2D eigenvalue weighted by atomic mass is 10.2. The van der Waals surface area contributed by atoms with Crippen molar-refractivity contribution in [2.45, 2.75) is 15.5 Å². The van der Waals surface area contributed by atoms with Gasteiger partial charge in [0.15, 0.2) is 9.79 Å². The SMILES string of the molecule is Clc1ccc([S+](Cc2ccccc2)c2ccc(Cl)cc2)cc1. The van der Waals surface area contributed by atoms with E-state index in [1.807, 2.05) is 30.3 Å². The van der Waals surface area contributed by atoms with Crippen molar-refractivity contribution in [2.75, 3.05) is 0 Å². The Labute approximate surface area is 144 Å². The summed E-state index contributed by atoms with van der Waals surface area (Å²) in [6.07, 6.45) is 0. The van der Waals surface area contributed by atoms with Crippen LogP contribution in [-0.4, -0.2) is 0 Å². The van der Waals surface area contributed by atoms with Gasteiger partial charge in [0.05, 0.1) is 10.9 Å². The second kappa shape index (κ2) is 7.23. The summed E-state index contributed by atoms with van der Waals surface area (Å²) in [6.45, 7) is 0. The van der Waals surface area contributed by atoms with Crippen LogP contribution in [-0.2, 0) is 16.6 Å². The molecule has 0 aliphatic heterocycles. The topological polar surface area (TPSA) is 0 Å². The highest BCUT2D eigenvalue weighted by atomic mass is 35.5. The second-order valence-electron chi connectivity index (χ2n) is 4.93. The van der Waals surface area contributed by atoms with Gasteiger partial charge in [-0.25, -0.2) is 0 Å². The highest BCUT2D eigenvalue weighted by molar-refractivity contribution is 7.96. The average Bonchev–Trinajstić information content (AvgIpc) is 2.56. The van der Waals surface area contributed by atoms with E-state index < -0.39 is 0 Å². The molecular formula is C19H15Cl2S+. The van der Waals surface area contributed by atoms with Gasteiger partial charge in [-0.15, -0.1) is 0 Å². The van der Waals surface area contributed by atoms with Crippen LogP contribution < -0.4 is 0 Å². The van der Waals surface area contributed by atoms with Gasteiger partial charge in [-0.1, -0.05) is 53.5 Å². The Hall–Kier alpha value is -1.41. The zero-order valence-corrected chi connectivity index (χ0v) is 14.2. The molecule has 0 heterocycles. The van der Waals surface area contributed by atoms with Gasteiger partial charge in [-0.2, -0.15) is 0 Å². The number of halogens is 2. The number of hydrogen-bond acceptors (Lipinski definition) is 0. The Morgan fingerprint density at radius 2 is 1.05 bits per heavy atom. The molecular weight excluding hydrogens is 331 g/mol. The van der Waals surface area contributed by atoms with E-state index in [9.17, 15) is 0 Å². The highest BCUT2D eigenvalue weighted by Crippen LogP contribution is 2.29. The molecule has 0 saturated heterocycles. The molecule has 0 unspecified atom stereocenters. The Morgan fingerprint density at radius 3 is 1.50 bits per heavy atom. The predicted octanol–water partition coefficient (Wildman–Crippen LogP) is 6.23. The molecule has 110 valence electrons. The first-order valence-corrected chi connectivity index (χ1v) is 9.13. The van der Waals surface area contributed by atoms with E-state index in [0.717, 1.165) is 15.8 Å². The number of rotatable bonds is 4. The minimum Gasteiger partial charge on any atom is -0.0843 e. The van der Waals surface area contributed by atoms with Crippen molar-refractivity contribution in [2.24, 2.45) is 0 Å². The Morgan fingerprint density at radius 1 is 0.591 bits per heavy atom. The van der Waals surface area contributed by atoms with E-state index in [1.54, 1.807) is 0 Å². The molecule has 0 spiro atoms. The van der Waals surface area contributed by atoms with Crippen molar-refractivity contribution in [3.05, 3.63) is 94.5 Å². The minimum atomic E-state index is -0.0360. The summed E-state index contributed by atoms with van der Waals surface area (Å²) in [5, 5.41) is 1.53. The summed E-state index contributed by atoms with van der Waals surface area (Å²) < 4.78 is 0. The largest absolute Gasteiger partial charge is 0.161 e. The Bertz CT molecular complexity index is 676. The molecule has 0 saturated carbocycles. The first-order valence-electron chi connectivity index (χ1n) is 6.98. The fraction of sp³-hybridized carbons (Fsp3) is 0.0526. The maximum Gasteiger partial charge on any atom is 0.161 e. The molecule has 0 atom stereocenters. The van der Waals surface area contributed by atoms with Gasteiger partial charge in [-0.3, -0.25) is 0 Å². The zero-order valence-electron chi connectivity index (χ0n) is 11.9.